The van der Waals surface area contributed by atoms with Gasteiger partial charge in [0.1, 0.15) is 0 Å². The zero-order chi connectivity index (χ0) is 11.4. The summed E-state index contributed by atoms with van der Waals surface area (Å²) in [6.45, 7) is 11.5. The summed E-state index contributed by atoms with van der Waals surface area (Å²) in [4.78, 5) is 0. The number of hydrogen-bond acceptors (Lipinski definition) is 1. The quantitative estimate of drug-likeness (QED) is 0.562. The molecule has 0 saturated heterocycles. The van der Waals surface area contributed by atoms with Gasteiger partial charge < -0.3 is 5.11 Å². The zero-order valence-electron chi connectivity index (χ0n) is 10.4. The summed E-state index contributed by atoms with van der Waals surface area (Å²) >= 11 is 0. The standard InChI is InChI=1S/C9H11.C4H10O.CH4.Cu/c1-7-4-8(2)6-9(3)5-7;1-4(2,3)5;;/h4-5H,1-3H3;5H,1-3H3;1H4;/q-1;;;+1. The molecule has 1 aromatic rings. The summed E-state index contributed by atoms with van der Waals surface area (Å²) in [5.74, 6) is 0. The molecular weight excluding hydrogens is 248 g/mol. The van der Waals surface area contributed by atoms with Crippen LogP contribution in [-0.4, -0.2) is 10.7 Å². The van der Waals surface area contributed by atoms with Gasteiger partial charge in [-0.05, 0) is 20.8 Å². The molecule has 0 bridgehead atoms. The van der Waals surface area contributed by atoms with Crippen LogP contribution in [0.2, 0.25) is 0 Å². The number of aryl methyl sites for hydroxylation is 3. The maximum absolute atomic E-state index is 8.52. The van der Waals surface area contributed by atoms with Crippen molar-refractivity contribution in [3.8, 4) is 0 Å². The van der Waals surface area contributed by atoms with Crippen LogP contribution in [-0.2, 0) is 17.1 Å². The fraction of sp³-hybridized carbons (Fsp3) is 0.571. The molecule has 0 fully saturated rings. The molecule has 0 spiro atoms. The van der Waals surface area contributed by atoms with Crippen LogP contribution in [0, 0.1) is 26.8 Å². The van der Waals surface area contributed by atoms with Crippen molar-refractivity contribution in [2.75, 3.05) is 0 Å². The Hall–Kier alpha value is -0.301. The summed E-state index contributed by atoms with van der Waals surface area (Å²) in [5, 5.41) is 8.52. The van der Waals surface area contributed by atoms with Crippen molar-refractivity contribution in [2.24, 2.45) is 0 Å². The molecule has 1 aromatic carbocycles. The maximum atomic E-state index is 8.52. The molecule has 1 rings (SSSR count). The Morgan fingerprint density at radius 2 is 1.25 bits per heavy atom. The Morgan fingerprint density at radius 3 is 1.44 bits per heavy atom. The van der Waals surface area contributed by atoms with Gasteiger partial charge in [0.05, 0.1) is 5.60 Å². The van der Waals surface area contributed by atoms with E-state index in [1.54, 1.807) is 20.8 Å². The summed E-state index contributed by atoms with van der Waals surface area (Å²) in [6, 6.07) is 7.47. The Bertz CT molecular complexity index is 231. The topological polar surface area (TPSA) is 20.2 Å². The summed E-state index contributed by atoms with van der Waals surface area (Å²) < 4.78 is 0. The predicted octanol–water partition coefficient (Wildman–Crippen LogP) is 3.82. The molecule has 0 radical (unpaired) electrons. The SMILES string of the molecule is C.CC(C)(C)O.Cc1[c-]c(C)cc(C)c1.[Cu+]. The molecule has 0 heterocycles. The minimum Gasteiger partial charge on any atom is -0.391 e. The van der Waals surface area contributed by atoms with Crippen molar-refractivity contribution in [1.82, 2.24) is 0 Å². The van der Waals surface area contributed by atoms with E-state index in [9.17, 15) is 0 Å². The van der Waals surface area contributed by atoms with E-state index in [0.717, 1.165) is 0 Å². The second-order valence-corrected chi connectivity index (χ2v) is 4.69. The van der Waals surface area contributed by atoms with E-state index in [1.807, 2.05) is 0 Å². The Labute approximate surface area is 112 Å². The largest absolute Gasteiger partial charge is 1.00 e. The van der Waals surface area contributed by atoms with Crippen LogP contribution in [0.5, 0.6) is 0 Å². The molecule has 16 heavy (non-hydrogen) atoms. The Balaban J connectivity index is -0.000000214. The van der Waals surface area contributed by atoms with Gasteiger partial charge >= 0.3 is 17.1 Å². The first-order valence-corrected chi connectivity index (χ1v) is 4.88. The maximum Gasteiger partial charge on any atom is 1.00 e. The van der Waals surface area contributed by atoms with Crippen LogP contribution in [0.25, 0.3) is 0 Å². The third kappa shape index (κ3) is 16.1. The number of aliphatic hydroxyl groups is 1. The second kappa shape index (κ2) is 8.81. The molecule has 0 aliphatic rings. The van der Waals surface area contributed by atoms with Crippen molar-refractivity contribution >= 4 is 0 Å². The fourth-order valence-electron chi connectivity index (χ4n) is 1.11. The van der Waals surface area contributed by atoms with Crippen LogP contribution in [0.1, 0.15) is 44.9 Å². The van der Waals surface area contributed by atoms with Crippen LogP contribution in [0.15, 0.2) is 12.1 Å². The predicted molar refractivity (Wildman–Crippen MR) is 68.2 cm³/mol. The van der Waals surface area contributed by atoms with Crippen LogP contribution in [0.4, 0.5) is 0 Å². The normalized spacial score (nSPS) is 9.19. The third-order valence-corrected chi connectivity index (χ3v) is 1.28. The average molecular weight is 273 g/mol. The molecule has 0 amide bonds. The third-order valence-electron chi connectivity index (χ3n) is 1.28. The Morgan fingerprint density at radius 1 is 1.00 bits per heavy atom. The van der Waals surface area contributed by atoms with Gasteiger partial charge in [0.25, 0.3) is 0 Å². The average Bonchev–Trinajstić information content (AvgIpc) is 1.77. The van der Waals surface area contributed by atoms with E-state index in [2.05, 4.69) is 39.0 Å². The van der Waals surface area contributed by atoms with Crippen LogP contribution >= 0.6 is 0 Å². The molecular formula is C14H25CuO. The molecule has 0 aromatic heterocycles. The summed E-state index contributed by atoms with van der Waals surface area (Å²) in [7, 11) is 0. The van der Waals surface area contributed by atoms with Crippen molar-refractivity contribution < 1.29 is 22.2 Å². The van der Waals surface area contributed by atoms with Crippen molar-refractivity contribution in [2.45, 2.75) is 54.6 Å². The van der Waals surface area contributed by atoms with Gasteiger partial charge in [-0.25, -0.2) is 0 Å². The molecule has 0 saturated carbocycles. The molecule has 0 aliphatic carbocycles. The first kappa shape index (κ1) is 21.0. The van der Waals surface area contributed by atoms with Gasteiger partial charge in [0.2, 0.25) is 0 Å². The van der Waals surface area contributed by atoms with E-state index in [4.69, 9.17) is 5.11 Å². The van der Waals surface area contributed by atoms with Gasteiger partial charge in [-0.3, -0.25) is 0 Å². The summed E-state index contributed by atoms with van der Waals surface area (Å²) in [5.41, 5.74) is 3.28. The van der Waals surface area contributed by atoms with Gasteiger partial charge in [-0.2, -0.15) is 34.9 Å². The van der Waals surface area contributed by atoms with E-state index in [1.165, 1.54) is 16.7 Å². The summed E-state index contributed by atoms with van der Waals surface area (Å²) in [6.07, 6.45) is 0. The van der Waals surface area contributed by atoms with Crippen molar-refractivity contribution in [1.29, 1.82) is 0 Å². The van der Waals surface area contributed by atoms with E-state index in [-0.39, 0.29) is 24.5 Å². The van der Waals surface area contributed by atoms with Crippen LogP contribution < -0.4 is 0 Å². The van der Waals surface area contributed by atoms with E-state index < -0.39 is 5.60 Å². The van der Waals surface area contributed by atoms with Gasteiger partial charge in [0, 0.05) is 0 Å². The van der Waals surface area contributed by atoms with Gasteiger partial charge in [-0.1, -0.05) is 28.2 Å². The minimum absolute atomic E-state index is 0. The fourth-order valence-corrected chi connectivity index (χ4v) is 1.11. The zero-order valence-corrected chi connectivity index (χ0v) is 11.3. The smallest absolute Gasteiger partial charge is 0.391 e. The van der Waals surface area contributed by atoms with E-state index >= 15 is 0 Å². The first-order chi connectivity index (χ1) is 6.18. The molecule has 0 unspecified atom stereocenters. The second-order valence-electron chi connectivity index (χ2n) is 4.69. The molecule has 0 atom stereocenters. The number of hydrogen-bond donors (Lipinski definition) is 1. The molecule has 2 heteroatoms. The number of rotatable bonds is 0. The van der Waals surface area contributed by atoms with Gasteiger partial charge in [0.15, 0.2) is 0 Å². The minimum atomic E-state index is -0.500. The van der Waals surface area contributed by atoms with Crippen molar-refractivity contribution in [3.05, 3.63) is 34.9 Å². The molecule has 98 valence electrons. The van der Waals surface area contributed by atoms with Gasteiger partial charge in [-0.15, -0.1) is 0 Å². The number of benzene rings is 1. The molecule has 0 aliphatic heterocycles. The Kier molecular flexibility index (Phi) is 11.6. The van der Waals surface area contributed by atoms with Crippen molar-refractivity contribution in [3.63, 3.8) is 0 Å². The van der Waals surface area contributed by atoms with E-state index in [0.29, 0.717) is 0 Å². The molecule has 1 N–H and O–H groups in total. The first-order valence-electron chi connectivity index (χ1n) is 4.88. The monoisotopic (exact) mass is 272 g/mol. The van der Waals surface area contributed by atoms with Crippen LogP contribution in [0.3, 0.4) is 0 Å². The molecule has 1 nitrogen and oxygen atoms in total.